The second kappa shape index (κ2) is 7.06. The van der Waals surface area contributed by atoms with Crippen molar-refractivity contribution in [2.24, 2.45) is 0 Å². The molecule has 5 heteroatoms. The summed E-state index contributed by atoms with van der Waals surface area (Å²) in [6.45, 7) is 3.17. The summed E-state index contributed by atoms with van der Waals surface area (Å²) in [5.74, 6) is -0.600. The summed E-state index contributed by atoms with van der Waals surface area (Å²) < 4.78 is 27.5. The second-order valence-corrected chi connectivity index (χ2v) is 5.78. The minimum absolute atomic E-state index is 0.215. The zero-order chi connectivity index (χ0) is 16.2. The number of hydrogen-bond acceptors (Lipinski definition) is 3. The van der Waals surface area contributed by atoms with Crippen LogP contribution >= 0.6 is 0 Å². The van der Waals surface area contributed by atoms with Gasteiger partial charge >= 0.3 is 0 Å². The number of hydrogen-bond donors (Lipinski definition) is 1. The Kier molecular flexibility index (Phi) is 4.88. The van der Waals surface area contributed by atoms with Gasteiger partial charge in [0.1, 0.15) is 11.6 Å². The van der Waals surface area contributed by atoms with Gasteiger partial charge in [0.05, 0.1) is 11.8 Å². The quantitative estimate of drug-likeness (QED) is 0.939. The SMILES string of the molecule is O[C@@H](CN1CCN(c2ccccc2F)CC1)c1ccccc1F. The molecule has 3 rings (SSSR count). The van der Waals surface area contributed by atoms with Gasteiger partial charge in [-0.15, -0.1) is 0 Å². The van der Waals surface area contributed by atoms with Crippen LogP contribution in [0.1, 0.15) is 11.7 Å². The first-order valence-corrected chi connectivity index (χ1v) is 7.79. The van der Waals surface area contributed by atoms with Crippen molar-refractivity contribution in [3.05, 3.63) is 65.7 Å². The summed E-state index contributed by atoms with van der Waals surface area (Å²) >= 11 is 0. The Morgan fingerprint density at radius 2 is 1.48 bits per heavy atom. The van der Waals surface area contributed by atoms with Crippen LogP contribution in [0.3, 0.4) is 0 Å². The first-order chi connectivity index (χ1) is 11.1. The maximum Gasteiger partial charge on any atom is 0.146 e. The molecule has 2 aromatic rings. The first-order valence-electron chi connectivity index (χ1n) is 7.79. The van der Waals surface area contributed by atoms with Crippen molar-refractivity contribution in [2.45, 2.75) is 6.10 Å². The van der Waals surface area contributed by atoms with Crippen LogP contribution in [0.2, 0.25) is 0 Å². The van der Waals surface area contributed by atoms with Crippen molar-refractivity contribution in [3.8, 4) is 0 Å². The van der Waals surface area contributed by atoms with Gasteiger partial charge < -0.3 is 10.0 Å². The van der Waals surface area contributed by atoms with E-state index in [9.17, 15) is 13.9 Å². The van der Waals surface area contributed by atoms with Gasteiger partial charge in [-0.1, -0.05) is 30.3 Å². The Balaban J connectivity index is 1.57. The lowest BCUT2D eigenvalue weighted by molar-refractivity contribution is 0.106. The summed E-state index contributed by atoms with van der Waals surface area (Å²) in [4.78, 5) is 4.08. The Morgan fingerprint density at radius 1 is 0.870 bits per heavy atom. The van der Waals surface area contributed by atoms with Crippen molar-refractivity contribution >= 4 is 5.69 Å². The molecule has 0 radical (unpaired) electrons. The van der Waals surface area contributed by atoms with Gasteiger partial charge in [-0.3, -0.25) is 4.90 Å². The molecule has 1 N–H and O–H groups in total. The molecule has 1 heterocycles. The smallest absolute Gasteiger partial charge is 0.146 e. The van der Waals surface area contributed by atoms with Crippen LogP contribution in [0.15, 0.2) is 48.5 Å². The molecule has 1 aliphatic heterocycles. The highest BCUT2D eigenvalue weighted by molar-refractivity contribution is 5.48. The molecule has 0 saturated carbocycles. The molecule has 0 unspecified atom stereocenters. The molecule has 1 atom stereocenters. The predicted octanol–water partition coefficient (Wildman–Crippen LogP) is 2.82. The molecule has 0 amide bonds. The summed E-state index contributed by atoms with van der Waals surface area (Å²) in [6.07, 6.45) is -0.851. The third-order valence-electron chi connectivity index (χ3n) is 4.26. The zero-order valence-corrected chi connectivity index (χ0v) is 12.8. The van der Waals surface area contributed by atoms with E-state index >= 15 is 0 Å². The van der Waals surface area contributed by atoms with Crippen LogP contribution in [0.25, 0.3) is 0 Å². The average Bonchev–Trinajstić information content (AvgIpc) is 2.56. The minimum Gasteiger partial charge on any atom is -0.387 e. The number of piperazine rings is 1. The number of para-hydroxylation sites is 1. The molecule has 0 bridgehead atoms. The van der Waals surface area contributed by atoms with Crippen LogP contribution in [-0.4, -0.2) is 42.7 Å². The third kappa shape index (κ3) is 3.68. The first kappa shape index (κ1) is 15.9. The molecule has 3 nitrogen and oxygen atoms in total. The van der Waals surface area contributed by atoms with Crippen LogP contribution < -0.4 is 4.90 Å². The van der Waals surface area contributed by atoms with Gasteiger partial charge in [0.15, 0.2) is 0 Å². The molecule has 1 fully saturated rings. The van der Waals surface area contributed by atoms with E-state index in [0.29, 0.717) is 44.0 Å². The highest BCUT2D eigenvalue weighted by Crippen LogP contribution is 2.22. The van der Waals surface area contributed by atoms with Crippen molar-refractivity contribution in [3.63, 3.8) is 0 Å². The van der Waals surface area contributed by atoms with Crippen molar-refractivity contribution in [2.75, 3.05) is 37.6 Å². The van der Waals surface area contributed by atoms with Gasteiger partial charge in [0, 0.05) is 38.3 Å². The van der Waals surface area contributed by atoms with E-state index < -0.39 is 6.10 Å². The molecular weight excluding hydrogens is 298 g/mol. The Morgan fingerprint density at radius 3 is 2.13 bits per heavy atom. The molecular formula is C18H20F2N2O. The lowest BCUT2D eigenvalue weighted by Crippen LogP contribution is -2.47. The number of aliphatic hydroxyl groups excluding tert-OH is 1. The highest BCUT2D eigenvalue weighted by atomic mass is 19.1. The number of rotatable bonds is 4. The molecule has 0 aliphatic carbocycles. The van der Waals surface area contributed by atoms with Gasteiger partial charge in [0.25, 0.3) is 0 Å². The second-order valence-electron chi connectivity index (χ2n) is 5.78. The van der Waals surface area contributed by atoms with Gasteiger partial charge in [-0.25, -0.2) is 8.78 Å². The topological polar surface area (TPSA) is 26.7 Å². The van der Waals surface area contributed by atoms with Gasteiger partial charge in [-0.05, 0) is 18.2 Å². The number of anilines is 1. The van der Waals surface area contributed by atoms with E-state index in [0.717, 1.165) is 0 Å². The van der Waals surface area contributed by atoms with E-state index in [2.05, 4.69) is 4.90 Å². The molecule has 23 heavy (non-hydrogen) atoms. The monoisotopic (exact) mass is 318 g/mol. The maximum atomic E-state index is 13.8. The molecule has 122 valence electrons. The zero-order valence-electron chi connectivity index (χ0n) is 12.8. The molecule has 1 saturated heterocycles. The van der Waals surface area contributed by atoms with E-state index in [-0.39, 0.29) is 11.6 Å². The van der Waals surface area contributed by atoms with E-state index in [1.807, 2.05) is 11.0 Å². The average molecular weight is 318 g/mol. The molecule has 2 aromatic carbocycles. The summed E-state index contributed by atoms with van der Waals surface area (Å²) in [6, 6.07) is 13.0. The van der Waals surface area contributed by atoms with Gasteiger partial charge in [0.2, 0.25) is 0 Å². The molecule has 1 aliphatic rings. The molecule has 0 spiro atoms. The summed E-state index contributed by atoms with van der Waals surface area (Å²) in [5.41, 5.74) is 0.936. The normalized spacial score (nSPS) is 17.3. The number of halogens is 2. The third-order valence-corrected chi connectivity index (χ3v) is 4.26. The number of β-amino-alcohol motifs (C(OH)–C–C–N with tert-alkyl or cyclic N) is 1. The largest absolute Gasteiger partial charge is 0.387 e. The van der Waals surface area contributed by atoms with Crippen LogP contribution in [0.5, 0.6) is 0 Å². The molecule has 0 aromatic heterocycles. The lowest BCUT2D eigenvalue weighted by Gasteiger charge is -2.37. The van der Waals surface area contributed by atoms with Crippen LogP contribution in [0.4, 0.5) is 14.5 Å². The van der Waals surface area contributed by atoms with E-state index in [1.54, 1.807) is 30.3 Å². The lowest BCUT2D eigenvalue weighted by atomic mass is 10.1. The number of benzene rings is 2. The fourth-order valence-corrected chi connectivity index (χ4v) is 2.97. The van der Waals surface area contributed by atoms with Crippen LogP contribution in [0, 0.1) is 11.6 Å². The Hall–Kier alpha value is -1.98. The number of aliphatic hydroxyl groups is 1. The highest BCUT2D eigenvalue weighted by Gasteiger charge is 2.22. The summed E-state index contributed by atoms with van der Waals surface area (Å²) in [5, 5.41) is 10.2. The number of nitrogens with zero attached hydrogens (tertiary/aromatic N) is 2. The van der Waals surface area contributed by atoms with Crippen molar-refractivity contribution in [1.82, 2.24) is 4.90 Å². The fraction of sp³-hybridized carbons (Fsp3) is 0.333. The van der Waals surface area contributed by atoms with E-state index in [4.69, 9.17) is 0 Å². The fourth-order valence-electron chi connectivity index (χ4n) is 2.97. The Labute approximate surface area is 134 Å². The van der Waals surface area contributed by atoms with Crippen LogP contribution in [-0.2, 0) is 0 Å². The maximum absolute atomic E-state index is 13.8. The Bertz CT molecular complexity index is 657. The standard InChI is InChI=1S/C18H20F2N2O/c19-15-6-2-1-5-14(15)18(23)13-21-9-11-22(12-10-21)17-8-4-3-7-16(17)20/h1-8,18,23H,9-13H2/t18-/m0/s1. The summed E-state index contributed by atoms with van der Waals surface area (Å²) in [7, 11) is 0. The van der Waals surface area contributed by atoms with E-state index in [1.165, 1.54) is 12.1 Å². The minimum atomic E-state index is -0.851. The van der Waals surface area contributed by atoms with Gasteiger partial charge in [-0.2, -0.15) is 0 Å². The van der Waals surface area contributed by atoms with Crippen molar-refractivity contribution < 1.29 is 13.9 Å². The predicted molar refractivity (Wildman–Crippen MR) is 86.4 cm³/mol. The van der Waals surface area contributed by atoms with Crippen molar-refractivity contribution in [1.29, 1.82) is 0 Å².